The molecule has 28 heavy (non-hydrogen) atoms. The second-order valence-corrected chi connectivity index (χ2v) is 8.65. The van der Waals surface area contributed by atoms with E-state index >= 15 is 0 Å². The number of benzene rings is 2. The number of hydrogen-bond acceptors (Lipinski definition) is 3. The van der Waals surface area contributed by atoms with Gasteiger partial charge in [-0.3, -0.25) is 9.59 Å². The fourth-order valence-electron chi connectivity index (χ4n) is 3.33. The third-order valence-electron chi connectivity index (χ3n) is 5.21. The van der Waals surface area contributed by atoms with E-state index in [1.807, 2.05) is 36.4 Å². The van der Waals surface area contributed by atoms with Crippen molar-refractivity contribution in [2.75, 3.05) is 11.5 Å². The molecule has 2 aromatic carbocycles. The van der Waals surface area contributed by atoms with Gasteiger partial charge in [-0.25, -0.2) is 0 Å². The predicted octanol–water partition coefficient (Wildman–Crippen LogP) is 3.80. The van der Waals surface area contributed by atoms with Gasteiger partial charge in [-0.05, 0) is 53.6 Å². The highest BCUT2D eigenvalue weighted by Crippen LogP contribution is 2.37. The maximum Gasteiger partial charge on any atom is 0.265 e. The molecule has 1 N–H and O–H groups in total. The lowest BCUT2D eigenvalue weighted by Crippen LogP contribution is -2.38. The van der Waals surface area contributed by atoms with Gasteiger partial charge in [0.05, 0.1) is 12.2 Å². The molecule has 0 unspecified atom stereocenters. The average molecular weight is 378 g/mol. The fourth-order valence-corrected chi connectivity index (χ4v) is 3.33. The van der Waals surface area contributed by atoms with Crippen LogP contribution in [0.2, 0.25) is 0 Å². The van der Waals surface area contributed by atoms with Crippen molar-refractivity contribution < 1.29 is 14.3 Å². The van der Waals surface area contributed by atoms with E-state index in [2.05, 4.69) is 32.2 Å². The molecule has 1 heterocycles. The van der Waals surface area contributed by atoms with Gasteiger partial charge < -0.3 is 15.0 Å². The summed E-state index contributed by atoms with van der Waals surface area (Å²) in [5.74, 6) is 0.592. The Bertz CT molecular complexity index is 926. The van der Waals surface area contributed by atoms with E-state index in [9.17, 15) is 9.59 Å². The largest absolute Gasteiger partial charge is 0.482 e. The SMILES string of the molecule is CC(C)(C)c1ccc2c(c1)N(Cc1cccc(C(=O)NC3CC3)c1)C(=O)CO2. The Morgan fingerprint density at radius 1 is 1.18 bits per heavy atom. The van der Waals surface area contributed by atoms with E-state index < -0.39 is 0 Å². The first-order valence-corrected chi connectivity index (χ1v) is 9.79. The van der Waals surface area contributed by atoms with E-state index in [4.69, 9.17) is 4.74 Å². The van der Waals surface area contributed by atoms with Crippen molar-refractivity contribution >= 4 is 17.5 Å². The Kier molecular flexibility index (Phi) is 4.61. The zero-order valence-corrected chi connectivity index (χ0v) is 16.6. The van der Waals surface area contributed by atoms with Gasteiger partial charge in [0.1, 0.15) is 5.75 Å². The van der Waals surface area contributed by atoms with Gasteiger partial charge in [-0.1, -0.05) is 39.0 Å². The van der Waals surface area contributed by atoms with Crippen LogP contribution < -0.4 is 15.0 Å². The summed E-state index contributed by atoms with van der Waals surface area (Å²) in [6.07, 6.45) is 2.11. The standard InChI is InChI=1S/C23H26N2O3/c1-23(2,3)17-7-10-20-19(12-17)25(21(26)14-28-20)13-15-5-4-6-16(11-15)22(27)24-18-8-9-18/h4-7,10-12,18H,8-9,13-14H2,1-3H3,(H,24,27). The van der Waals surface area contributed by atoms with E-state index in [1.54, 1.807) is 4.90 Å². The minimum Gasteiger partial charge on any atom is -0.482 e. The van der Waals surface area contributed by atoms with Gasteiger partial charge in [0.2, 0.25) is 0 Å². The minimum absolute atomic E-state index is 0.0258. The lowest BCUT2D eigenvalue weighted by Gasteiger charge is -2.31. The molecule has 1 aliphatic heterocycles. The Morgan fingerprint density at radius 3 is 2.68 bits per heavy atom. The third-order valence-corrected chi connectivity index (χ3v) is 5.21. The predicted molar refractivity (Wildman–Crippen MR) is 109 cm³/mol. The smallest absolute Gasteiger partial charge is 0.265 e. The summed E-state index contributed by atoms with van der Waals surface area (Å²) in [6.45, 7) is 6.88. The summed E-state index contributed by atoms with van der Waals surface area (Å²) in [5.41, 5.74) is 3.46. The molecule has 5 heteroatoms. The highest BCUT2D eigenvalue weighted by atomic mass is 16.5. The summed E-state index contributed by atoms with van der Waals surface area (Å²) in [5, 5.41) is 3.01. The molecule has 0 atom stereocenters. The molecule has 1 fully saturated rings. The minimum atomic E-state index is -0.0774. The van der Waals surface area contributed by atoms with Crippen molar-refractivity contribution in [2.45, 2.75) is 51.6 Å². The molecular formula is C23H26N2O3. The number of nitrogens with zero attached hydrogens (tertiary/aromatic N) is 1. The number of nitrogens with one attached hydrogen (secondary N) is 1. The van der Waals surface area contributed by atoms with Crippen LogP contribution in [0.1, 0.15) is 55.1 Å². The molecule has 1 saturated carbocycles. The molecule has 0 radical (unpaired) electrons. The number of anilines is 1. The summed E-state index contributed by atoms with van der Waals surface area (Å²) in [6, 6.07) is 13.8. The molecule has 1 aliphatic carbocycles. The molecule has 146 valence electrons. The van der Waals surface area contributed by atoms with Crippen molar-refractivity contribution in [1.29, 1.82) is 0 Å². The third kappa shape index (κ3) is 3.88. The van der Waals surface area contributed by atoms with Crippen LogP contribution in [0.25, 0.3) is 0 Å². The molecule has 0 aromatic heterocycles. The number of amides is 2. The summed E-state index contributed by atoms with van der Waals surface area (Å²) < 4.78 is 5.63. The molecule has 0 saturated heterocycles. The monoisotopic (exact) mass is 378 g/mol. The van der Waals surface area contributed by atoms with Crippen LogP contribution in [0, 0.1) is 0 Å². The van der Waals surface area contributed by atoms with Crippen LogP contribution in [0.15, 0.2) is 42.5 Å². The zero-order valence-electron chi connectivity index (χ0n) is 16.6. The van der Waals surface area contributed by atoms with E-state index in [-0.39, 0.29) is 23.8 Å². The molecule has 4 rings (SSSR count). The van der Waals surface area contributed by atoms with E-state index in [0.717, 1.165) is 35.4 Å². The van der Waals surface area contributed by atoms with Crippen LogP contribution in [0.5, 0.6) is 5.75 Å². The van der Waals surface area contributed by atoms with Crippen LogP contribution in [0.3, 0.4) is 0 Å². The van der Waals surface area contributed by atoms with E-state index in [0.29, 0.717) is 18.2 Å². The van der Waals surface area contributed by atoms with Crippen LogP contribution in [0.4, 0.5) is 5.69 Å². The van der Waals surface area contributed by atoms with Gasteiger partial charge >= 0.3 is 0 Å². The lowest BCUT2D eigenvalue weighted by atomic mass is 9.86. The van der Waals surface area contributed by atoms with Gasteiger partial charge in [-0.2, -0.15) is 0 Å². The van der Waals surface area contributed by atoms with Crippen LogP contribution in [-0.2, 0) is 16.8 Å². The van der Waals surface area contributed by atoms with Gasteiger partial charge in [0.25, 0.3) is 11.8 Å². The van der Waals surface area contributed by atoms with Crippen molar-refractivity contribution in [3.05, 3.63) is 59.2 Å². The zero-order chi connectivity index (χ0) is 19.9. The quantitative estimate of drug-likeness (QED) is 0.880. The van der Waals surface area contributed by atoms with Gasteiger partial charge in [-0.15, -0.1) is 0 Å². The highest BCUT2D eigenvalue weighted by Gasteiger charge is 2.28. The second kappa shape index (κ2) is 6.97. The van der Waals surface area contributed by atoms with E-state index in [1.165, 1.54) is 0 Å². The molecule has 0 bridgehead atoms. The van der Waals surface area contributed by atoms with Crippen molar-refractivity contribution in [3.63, 3.8) is 0 Å². The van der Waals surface area contributed by atoms with Crippen molar-refractivity contribution in [2.24, 2.45) is 0 Å². The molecule has 2 amide bonds. The number of fused-ring (bicyclic) bond motifs is 1. The first-order valence-electron chi connectivity index (χ1n) is 9.79. The Balaban J connectivity index is 1.61. The Morgan fingerprint density at radius 2 is 1.96 bits per heavy atom. The average Bonchev–Trinajstić information content (AvgIpc) is 3.47. The number of carbonyl (C=O) groups is 2. The van der Waals surface area contributed by atoms with Crippen LogP contribution >= 0.6 is 0 Å². The Hall–Kier alpha value is -2.82. The normalized spacial score (nSPS) is 16.4. The fraction of sp³-hybridized carbons (Fsp3) is 0.391. The summed E-state index contributed by atoms with van der Waals surface area (Å²) >= 11 is 0. The molecule has 2 aromatic rings. The summed E-state index contributed by atoms with van der Waals surface area (Å²) in [7, 11) is 0. The molecular weight excluding hydrogens is 352 g/mol. The molecule has 0 spiro atoms. The maximum absolute atomic E-state index is 12.6. The second-order valence-electron chi connectivity index (χ2n) is 8.65. The lowest BCUT2D eigenvalue weighted by molar-refractivity contribution is -0.121. The van der Waals surface area contributed by atoms with Gasteiger partial charge in [0.15, 0.2) is 6.61 Å². The van der Waals surface area contributed by atoms with Crippen molar-refractivity contribution in [3.8, 4) is 5.75 Å². The number of hydrogen-bond donors (Lipinski definition) is 1. The summed E-state index contributed by atoms with van der Waals surface area (Å²) in [4.78, 5) is 26.7. The first kappa shape index (κ1) is 18.5. The van der Waals surface area contributed by atoms with Crippen LogP contribution in [-0.4, -0.2) is 24.5 Å². The maximum atomic E-state index is 12.6. The van der Waals surface area contributed by atoms with Crippen molar-refractivity contribution in [1.82, 2.24) is 5.32 Å². The Labute approximate surface area is 165 Å². The number of carbonyl (C=O) groups excluding carboxylic acids is 2. The van der Waals surface area contributed by atoms with Gasteiger partial charge in [0, 0.05) is 11.6 Å². The highest BCUT2D eigenvalue weighted by molar-refractivity contribution is 5.98. The molecule has 5 nitrogen and oxygen atoms in total. The first-order chi connectivity index (χ1) is 13.3. The molecule has 2 aliphatic rings. The number of ether oxygens (including phenoxy) is 1. The number of rotatable bonds is 4. The topological polar surface area (TPSA) is 58.6 Å².